The van der Waals surface area contributed by atoms with E-state index in [1.54, 1.807) is 24.3 Å². The van der Waals surface area contributed by atoms with Crippen molar-refractivity contribution in [2.75, 3.05) is 5.32 Å². The molecular weight excluding hydrogens is 276 g/mol. The van der Waals surface area contributed by atoms with E-state index in [2.05, 4.69) is 5.32 Å². The molecule has 0 saturated carbocycles. The van der Waals surface area contributed by atoms with Crippen LogP contribution < -0.4 is 5.32 Å². The van der Waals surface area contributed by atoms with Crippen molar-refractivity contribution in [3.63, 3.8) is 0 Å². The molecule has 2 aromatic rings. The number of benzene rings is 2. The summed E-state index contributed by atoms with van der Waals surface area (Å²) in [7, 11) is 0. The van der Waals surface area contributed by atoms with E-state index in [9.17, 15) is 9.18 Å². The standard InChI is InChI=1S/C13H8Cl2FNO/c14-8-1-4-10(5-2-8)17-13(18)11-7-9(15)3-6-12(11)16/h1-7H,(H,17,18). The van der Waals surface area contributed by atoms with E-state index in [-0.39, 0.29) is 5.56 Å². The van der Waals surface area contributed by atoms with Gasteiger partial charge in [0.05, 0.1) is 5.56 Å². The molecule has 5 heteroatoms. The highest BCUT2D eigenvalue weighted by Crippen LogP contribution is 2.18. The summed E-state index contributed by atoms with van der Waals surface area (Å²) in [6.45, 7) is 0. The van der Waals surface area contributed by atoms with Gasteiger partial charge in [-0.05, 0) is 42.5 Å². The Kier molecular flexibility index (Phi) is 3.84. The predicted octanol–water partition coefficient (Wildman–Crippen LogP) is 4.38. The number of hydrogen-bond acceptors (Lipinski definition) is 1. The third kappa shape index (κ3) is 3.00. The number of carbonyl (C=O) groups is 1. The van der Waals surface area contributed by atoms with Crippen LogP contribution in [0.2, 0.25) is 10.0 Å². The molecule has 0 atom stereocenters. The van der Waals surface area contributed by atoms with Crippen LogP contribution in [0.4, 0.5) is 10.1 Å². The smallest absolute Gasteiger partial charge is 0.258 e. The Morgan fingerprint density at radius 2 is 1.61 bits per heavy atom. The summed E-state index contributed by atoms with van der Waals surface area (Å²) in [5, 5.41) is 3.42. The Bertz CT molecular complexity index is 584. The third-order valence-electron chi connectivity index (χ3n) is 2.28. The van der Waals surface area contributed by atoms with Gasteiger partial charge in [0, 0.05) is 15.7 Å². The van der Waals surface area contributed by atoms with E-state index in [0.29, 0.717) is 15.7 Å². The van der Waals surface area contributed by atoms with E-state index < -0.39 is 11.7 Å². The van der Waals surface area contributed by atoms with E-state index in [1.807, 2.05) is 0 Å². The molecule has 0 aromatic heterocycles. The first-order valence-corrected chi connectivity index (χ1v) is 5.84. The van der Waals surface area contributed by atoms with E-state index >= 15 is 0 Å². The second-order valence-electron chi connectivity index (χ2n) is 3.59. The first kappa shape index (κ1) is 12.9. The number of anilines is 1. The molecule has 0 radical (unpaired) electrons. The van der Waals surface area contributed by atoms with Gasteiger partial charge in [0.1, 0.15) is 5.82 Å². The minimum absolute atomic E-state index is 0.0996. The first-order chi connectivity index (χ1) is 8.56. The van der Waals surface area contributed by atoms with Gasteiger partial charge in [-0.15, -0.1) is 0 Å². The quantitative estimate of drug-likeness (QED) is 0.870. The molecule has 0 saturated heterocycles. The fraction of sp³-hybridized carbons (Fsp3) is 0. The summed E-state index contributed by atoms with van der Waals surface area (Å²) in [4.78, 5) is 11.8. The Labute approximate surface area is 113 Å². The lowest BCUT2D eigenvalue weighted by Crippen LogP contribution is -2.13. The Balaban J connectivity index is 2.21. The molecule has 0 spiro atoms. The Morgan fingerprint density at radius 3 is 2.28 bits per heavy atom. The molecule has 0 fully saturated rings. The highest BCUT2D eigenvalue weighted by Gasteiger charge is 2.12. The minimum Gasteiger partial charge on any atom is -0.322 e. The predicted molar refractivity (Wildman–Crippen MR) is 70.8 cm³/mol. The largest absolute Gasteiger partial charge is 0.322 e. The van der Waals surface area contributed by atoms with Crippen LogP contribution in [-0.2, 0) is 0 Å². The molecule has 1 amide bonds. The SMILES string of the molecule is O=C(Nc1ccc(Cl)cc1)c1cc(Cl)ccc1F. The van der Waals surface area contributed by atoms with Gasteiger partial charge in [0.25, 0.3) is 5.91 Å². The molecular formula is C13H8Cl2FNO. The lowest BCUT2D eigenvalue weighted by atomic mass is 10.2. The summed E-state index contributed by atoms with van der Waals surface area (Å²) in [6.07, 6.45) is 0. The first-order valence-electron chi connectivity index (χ1n) is 5.08. The van der Waals surface area contributed by atoms with Gasteiger partial charge in [-0.3, -0.25) is 4.79 Å². The summed E-state index contributed by atoms with van der Waals surface area (Å²) in [5.41, 5.74) is 0.432. The number of amides is 1. The van der Waals surface area contributed by atoms with Crippen molar-refractivity contribution in [3.8, 4) is 0 Å². The van der Waals surface area contributed by atoms with Crippen molar-refractivity contribution in [2.24, 2.45) is 0 Å². The summed E-state index contributed by atoms with van der Waals surface area (Å²) < 4.78 is 13.4. The van der Waals surface area contributed by atoms with Crippen molar-refractivity contribution in [1.29, 1.82) is 0 Å². The zero-order valence-corrected chi connectivity index (χ0v) is 10.6. The van der Waals surface area contributed by atoms with Crippen LogP contribution in [0.1, 0.15) is 10.4 Å². The van der Waals surface area contributed by atoms with Gasteiger partial charge < -0.3 is 5.32 Å². The second kappa shape index (κ2) is 5.38. The topological polar surface area (TPSA) is 29.1 Å². The number of hydrogen-bond donors (Lipinski definition) is 1. The van der Waals surface area contributed by atoms with Crippen LogP contribution >= 0.6 is 23.2 Å². The molecule has 2 rings (SSSR count). The fourth-order valence-electron chi connectivity index (χ4n) is 1.40. The van der Waals surface area contributed by atoms with Crippen LogP contribution in [-0.4, -0.2) is 5.91 Å². The molecule has 0 unspecified atom stereocenters. The van der Waals surface area contributed by atoms with Crippen LogP contribution in [0.3, 0.4) is 0 Å². The molecule has 18 heavy (non-hydrogen) atoms. The maximum absolute atomic E-state index is 13.4. The maximum Gasteiger partial charge on any atom is 0.258 e. The molecule has 1 N–H and O–H groups in total. The number of carbonyl (C=O) groups excluding carboxylic acids is 1. The van der Waals surface area contributed by atoms with Crippen molar-refractivity contribution < 1.29 is 9.18 Å². The van der Waals surface area contributed by atoms with Gasteiger partial charge >= 0.3 is 0 Å². The second-order valence-corrected chi connectivity index (χ2v) is 4.46. The summed E-state index contributed by atoms with van der Waals surface area (Å²) in [6, 6.07) is 10.3. The molecule has 0 aliphatic heterocycles. The van der Waals surface area contributed by atoms with Crippen LogP contribution in [0.5, 0.6) is 0 Å². The fourth-order valence-corrected chi connectivity index (χ4v) is 1.70. The van der Waals surface area contributed by atoms with Gasteiger partial charge in [0.15, 0.2) is 0 Å². The summed E-state index contributed by atoms with van der Waals surface area (Å²) >= 11 is 11.4. The zero-order chi connectivity index (χ0) is 13.1. The lowest BCUT2D eigenvalue weighted by molar-refractivity contribution is 0.102. The molecule has 92 valence electrons. The van der Waals surface area contributed by atoms with Crippen molar-refractivity contribution >= 4 is 34.8 Å². The van der Waals surface area contributed by atoms with Crippen molar-refractivity contribution in [3.05, 3.63) is 63.9 Å². The normalized spacial score (nSPS) is 10.2. The molecule has 0 aliphatic rings. The molecule has 0 aliphatic carbocycles. The molecule has 0 heterocycles. The van der Waals surface area contributed by atoms with E-state index in [1.165, 1.54) is 12.1 Å². The maximum atomic E-state index is 13.4. The molecule has 0 bridgehead atoms. The number of rotatable bonds is 2. The van der Waals surface area contributed by atoms with Gasteiger partial charge in [-0.25, -0.2) is 4.39 Å². The highest BCUT2D eigenvalue weighted by atomic mass is 35.5. The minimum atomic E-state index is -0.620. The summed E-state index contributed by atoms with van der Waals surface area (Å²) in [5.74, 6) is -1.18. The molecule has 2 nitrogen and oxygen atoms in total. The van der Waals surface area contributed by atoms with Crippen molar-refractivity contribution in [1.82, 2.24) is 0 Å². The van der Waals surface area contributed by atoms with Crippen LogP contribution in [0.15, 0.2) is 42.5 Å². The van der Waals surface area contributed by atoms with Gasteiger partial charge in [-0.1, -0.05) is 23.2 Å². The van der Waals surface area contributed by atoms with E-state index in [4.69, 9.17) is 23.2 Å². The number of halogens is 3. The number of nitrogens with one attached hydrogen (secondary N) is 1. The Morgan fingerprint density at radius 1 is 1.00 bits per heavy atom. The zero-order valence-electron chi connectivity index (χ0n) is 9.08. The molecule has 2 aromatic carbocycles. The van der Waals surface area contributed by atoms with Crippen molar-refractivity contribution in [2.45, 2.75) is 0 Å². The van der Waals surface area contributed by atoms with Gasteiger partial charge in [0.2, 0.25) is 0 Å². The monoisotopic (exact) mass is 283 g/mol. The van der Waals surface area contributed by atoms with Gasteiger partial charge in [-0.2, -0.15) is 0 Å². The third-order valence-corrected chi connectivity index (χ3v) is 2.76. The Hall–Kier alpha value is -1.58. The average Bonchev–Trinajstić information content (AvgIpc) is 2.35. The van der Waals surface area contributed by atoms with E-state index in [0.717, 1.165) is 6.07 Å². The highest BCUT2D eigenvalue weighted by molar-refractivity contribution is 6.31. The average molecular weight is 284 g/mol. The van der Waals surface area contributed by atoms with Crippen LogP contribution in [0.25, 0.3) is 0 Å². The lowest BCUT2D eigenvalue weighted by Gasteiger charge is -2.06. The van der Waals surface area contributed by atoms with Crippen LogP contribution in [0, 0.1) is 5.82 Å².